The third-order valence-electron chi connectivity index (χ3n) is 3.60. The number of allylic oxidation sites excluding steroid dienone is 1. The lowest BCUT2D eigenvalue weighted by atomic mass is 9.66. The van der Waals surface area contributed by atoms with E-state index in [1.54, 1.807) is 6.08 Å². The maximum Gasteiger partial charge on any atom is 0.306 e. The zero-order valence-electron chi connectivity index (χ0n) is 9.20. The SMILES string of the molecule is COC(=O)C[C@]1(C)C=CC(O)C1(C)C. The van der Waals surface area contributed by atoms with Crippen molar-refractivity contribution in [2.75, 3.05) is 7.11 Å². The summed E-state index contributed by atoms with van der Waals surface area (Å²) in [5, 5.41) is 9.74. The maximum absolute atomic E-state index is 11.2. The summed E-state index contributed by atoms with van der Waals surface area (Å²) in [6, 6.07) is 0. The van der Waals surface area contributed by atoms with E-state index in [1.807, 2.05) is 26.8 Å². The first-order chi connectivity index (χ1) is 6.33. The molecule has 14 heavy (non-hydrogen) atoms. The van der Waals surface area contributed by atoms with Crippen LogP contribution in [0.3, 0.4) is 0 Å². The van der Waals surface area contributed by atoms with E-state index in [1.165, 1.54) is 7.11 Å². The second-order valence-corrected chi connectivity index (χ2v) is 4.70. The standard InChI is InChI=1S/C11H18O3/c1-10(2)8(12)5-6-11(10,3)7-9(13)14-4/h5-6,8,12H,7H2,1-4H3/t8?,11-/m0/s1. The smallest absolute Gasteiger partial charge is 0.306 e. The molecule has 0 amide bonds. The van der Waals surface area contributed by atoms with Gasteiger partial charge in [0, 0.05) is 10.8 Å². The summed E-state index contributed by atoms with van der Waals surface area (Å²) in [5.74, 6) is -0.237. The van der Waals surface area contributed by atoms with E-state index in [0.717, 1.165) is 0 Å². The van der Waals surface area contributed by atoms with Crippen molar-refractivity contribution in [3.63, 3.8) is 0 Å². The van der Waals surface area contributed by atoms with Gasteiger partial charge >= 0.3 is 5.97 Å². The zero-order chi connectivity index (χ0) is 11.0. The van der Waals surface area contributed by atoms with Gasteiger partial charge in [0.25, 0.3) is 0 Å². The number of aliphatic hydroxyl groups is 1. The van der Waals surface area contributed by atoms with Crippen LogP contribution in [0.25, 0.3) is 0 Å². The van der Waals surface area contributed by atoms with Crippen molar-refractivity contribution >= 4 is 5.97 Å². The van der Waals surface area contributed by atoms with Gasteiger partial charge in [0.15, 0.2) is 0 Å². The van der Waals surface area contributed by atoms with Gasteiger partial charge in [0.2, 0.25) is 0 Å². The molecular formula is C11H18O3. The number of hydrogen-bond donors (Lipinski definition) is 1. The minimum absolute atomic E-state index is 0.237. The first kappa shape index (κ1) is 11.2. The van der Waals surface area contributed by atoms with Gasteiger partial charge in [-0.15, -0.1) is 0 Å². The number of ether oxygens (including phenoxy) is 1. The Balaban J connectivity index is 2.85. The molecule has 1 aliphatic rings. The number of hydrogen-bond acceptors (Lipinski definition) is 3. The van der Waals surface area contributed by atoms with Crippen molar-refractivity contribution in [3.8, 4) is 0 Å². The van der Waals surface area contributed by atoms with Crippen LogP contribution >= 0.6 is 0 Å². The molecule has 0 aliphatic heterocycles. The lowest BCUT2D eigenvalue weighted by Crippen LogP contribution is -2.39. The molecule has 0 aromatic carbocycles. The Labute approximate surface area is 84.8 Å². The molecule has 3 nitrogen and oxygen atoms in total. The van der Waals surface area contributed by atoms with Crippen molar-refractivity contribution in [1.29, 1.82) is 0 Å². The van der Waals surface area contributed by atoms with E-state index in [-0.39, 0.29) is 16.8 Å². The Kier molecular flexibility index (Phi) is 2.72. The van der Waals surface area contributed by atoms with Crippen LogP contribution in [-0.2, 0) is 9.53 Å². The Morgan fingerprint density at radius 1 is 1.50 bits per heavy atom. The van der Waals surface area contributed by atoms with Crippen LogP contribution in [0.4, 0.5) is 0 Å². The maximum atomic E-state index is 11.2. The lowest BCUT2D eigenvalue weighted by Gasteiger charge is -2.39. The molecule has 0 saturated carbocycles. The van der Waals surface area contributed by atoms with E-state index in [4.69, 9.17) is 0 Å². The summed E-state index contributed by atoms with van der Waals surface area (Å²) in [6.45, 7) is 5.89. The Bertz CT molecular complexity index is 268. The predicted octanol–water partition coefficient (Wildman–Crippen LogP) is 1.51. The van der Waals surface area contributed by atoms with E-state index in [2.05, 4.69) is 4.74 Å². The molecule has 0 bridgehead atoms. The molecule has 0 radical (unpaired) electrons. The van der Waals surface area contributed by atoms with Gasteiger partial charge in [-0.05, 0) is 0 Å². The molecular weight excluding hydrogens is 180 g/mol. The van der Waals surface area contributed by atoms with Gasteiger partial charge < -0.3 is 9.84 Å². The highest BCUT2D eigenvalue weighted by Crippen LogP contribution is 2.50. The first-order valence-electron chi connectivity index (χ1n) is 4.78. The van der Waals surface area contributed by atoms with Crippen LogP contribution in [-0.4, -0.2) is 24.3 Å². The minimum Gasteiger partial charge on any atom is -0.469 e. The lowest BCUT2D eigenvalue weighted by molar-refractivity contribution is -0.144. The molecule has 3 heteroatoms. The van der Waals surface area contributed by atoms with Crippen LogP contribution in [0.5, 0.6) is 0 Å². The van der Waals surface area contributed by atoms with Gasteiger partial charge in [0.05, 0.1) is 19.6 Å². The zero-order valence-corrected chi connectivity index (χ0v) is 9.20. The summed E-state index contributed by atoms with van der Waals surface area (Å²) in [7, 11) is 1.38. The molecule has 1 aliphatic carbocycles. The second-order valence-electron chi connectivity index (χ2n) is 4.70. The number of aliphatic hydroxyl groups excluding tert-OH is 1. The molecule has 2 atom stereocenters. The number of methoxy groups -OCH3 is 1. The quantitative estimate of drug-likeness (QED) is 0.540. The monoisotopic (exact) mass is 198 g/mol. The van der Waals surface area contributed by atoms with E-state index in [0.29, 0.717) is 6.42 Å². The third-order valence-corrected chi connectivity index (χ3v) is 3.60. The van der Waals surface area contributed by atoms with Gasteiger partial charge in [0.1, 0.15) is 0 Å². The van der Waals surface area contributed by atoms with Crippen LogP contribution in [0, 0.1) is 10.8 Å². The van der Waals surface area contributed by atoms with Crippen molar-refractivity contribution in [3.05, 3.63) is 12.2 Å². The van der Waals surface area contributed by atoms with Gasteiger partial charge in [-0.1, -0.05) is 32.9 Å². The minimum atomic E-state index is -0.489. The van der Waals surface area contributed by atoms with Crippen molar-refractivity contribution in [2.24, 2.45) is 10.8 Å². The summed E-state index contributed by atoms with van der Waals surface area (Å²) in [4.78, 5) is 11.2. The molecule has 1 unspecified atom stereocenters. The fourth-order valence-corrected chi connectivity index (χ4v) is 1.76. The van der Waals surface area contributed by atoms with E-state index >= 15 is 0 Å². The fraction of sp³-hybridized carbons (Fsp3) is 0.727. The number of esters is 1. The molecule has 1 N–H and O–H groups in total. The second kappa shape index (κ2) is 3.39. The highest BCUT2D eigenvalue weighted by atomic mass is 16.5. The Morgan fingerprint density at radius 2 is 2.07 bits per heavy atom. The van der Waals surface area contributed by atoms with Gasteiger partial charge in [-0.2, -0.15) is 0 Å². The highest BCUT2D eigenvalue weighted by molar-refractivity contribution is 5.70. The molecule has 0 fully saturated rings. The average molecular weight is 198 g/mol. The molecule has 80 valence electrons. The van der Waals surface area contributed by atoms with Crippen LogP contribution in [0.15, 0.2) is 12.2 Å². The predicted molar refractivity (Wildman–Crippen MR) is 53.7 cm³/mol. The van der Waals surface area contributed by atoms with Crippen molar-refractivity contribution in [2.45, 2.75) is 33.3 Å². The van der Waals surface area contributed by atoms with E-state index < -0.39 is 6.10 Å². The topological polar surface area (TPSA) is 46.5 Å². The largest absolute Gasteiger partial charge is 0.469 e. The van der Waals surface area contributed by atoms with Crippen molar-refractivity contribution in [1.82, 2.24) is 0 Å². The summed E-state index contributed by atoms with van der Waals surface area (Å²) < 4.78 is 4.65. The number of carbonyl (C=O) groups is 1. The fourth-order valence-electron chi connectivity index (χ4n) is 1.76. The molecule has 0 heterocycles. The summed E-state index contributed by atoms with van der Waals surface area (Å²) in [5.41, 5.74) is -0.638. The van der Waals surface area contributed by atoms with Crippen molar-refractivity contribution < 1.29 is 14.6 Å². The van der Waals surface area contributed by atoms with Crippen LogP contribution in [0.2, 0.25) is 0 Å². The Hall–Kier alpha value is -0.830. The molecule has 0 aromatic rings. The molecule has 0 aromatic heterocycles. The molecule has 1 rings (SSSR count). The summed E-state index contributed by atoms with van der Waals surface area (Å²) in [6.07, 6.45) is 3.49. The van der Waals surface area contributed by atoms with Crippen LogP contribution < -0.4 is 0 Å². The van der Waals surface area contributed by atoms with Gasteiger partial charge in [-0.25, -0.2) is 0 Å². The number of rotatable bonds is 2. The summed E-state index contributed by atoms with van der Waals surface area (Å²) >= 11 is 0. The average Bonchev–Trinajstić information content (AvgIpc) is 2.30. The normalized spacial score (nSPS) is 34.5. The molecule has 0 spiro atoms. The first-order valence-corrected chi connectivity index (χ1v) is 4.78. The Morgan fingerprint density at radius 3 is 2.43 bits per heavy atom. The number of carbonyl (C=O) groups excluding carboxylic acids is 1. The molecule has 0 saturated heterocycles. The van der Waals surface area contributed by atoms with E-state index in [9.17, 15) is 9.90 Å². The highest BCUT2D eigenvalue weighted by Gasteiger charge is 2.48. The third kappa shape index (κ3) is 1.57. The van der Waals surface area contributed by atoms with Crippen LogP contribution in [0.1, 0.15) is 27.2 Å². The van der Waals surface area contributed by atoms with Gasteiger partial charge in [-0.3, -0.25) is 4.79 Å².